The molecule has 0 heterocycles. The molecule has 0 aliphatic rings. The van der Waals surface area contributed by atoms with Crippen molar-refractivity contribution in [1.29, 1.82) is 0 Å². The molecule has 0 atom stereocenters. The lowest BCUT2D eigenvalue weighted by atomic mass is 10.1. The third kappa shape index (κ3) is 4.58. The Kier molecular flexibility index (Phi) is 5.36. The zero-order valence-electron chi connectivity index (χ0n) is 11.8. The van der Waals surface area contributed by atoms with Crippen LogP contribution in [0, 0.1) is 0 Å². The summed E-state index contributed by atoms with van der Waals surface area (Å²) in [5, 5.41) is 6.76. The lowest BCUT2D eigenvalue weighted by Gasteiger charge is -2.11. The number of thioether (sulfide) groups is 1. The van der Waals surface area contributed by atoms with Crippen LogP contribution in [0.4, 0.5) is 11.4 Å². The highest BCUT2D eigenvalue weighted by molar-refractivity contribution is 7.98. The number of thiocarbonyl (C=S) groups is 1. The molecule has 0 unspecified atom stereocenters. The van der Waals surface area contributed by atoms with Crippen LogP contribution in [-0.2, 0) is 0 Å². The van der Waals surface area contributed by atoms with Gasteiger partial charge in [-0.25, -0.2) is 0 Å². The molecular weight excluding hydrogens is 300 g/mol. The summed E-state index contributed by atoms with van der Waals surface area (Å²) in [6.07, 6.45) is 2.03. The van der Waals surface area contributed by atoms with Crippen molar-refractivity contribution in [3.05, 3.63) is 54.1 Å². The average molecular weight is 316 g/mol. The molecule has 21 heavy (non-hydrogen) atoms. The number of rotatable bonds is 4. The molecule has 0 saturated heterocycles. The summed E-state index contributed by atoms with van der Waals surface area (Å²) in [4.78, 5) is 12.4. The molecule has 0 bridgehead atoms. The molecule has 2 aromatic rings. The first-order chi connectivity index (χ1) is 10.1. The quantitative estimate of drug-likeness (QED) is 0.496. The van der Waals surface area contributed by atoms with Gasteiger partial charge >= 0.3 is 0 Å². The zero-order chi connectivity index (χ0) is 15.2. The molecule has 0 fully saturated rings. The van der Waals surface area contributed by atoms with E-state index in [0.717, 1.165) is 11.4 Å². The highest BCUT2D eigenvalue weighted by Gasteiger charge is 2.02. The van der Waals surface area contributed by atoms with E-state index in [-0.39, 0.29) is 5.78 Å². The number of anilines is 2. The Labute approximate surface area is 134 Å². The predicted molar refractivity (Wildman–Crippen MR) is 94.5 cm³/mol. The fraction of sp³-hybridized carbons (Fsp3) is 0.125. The number of nitrogens with one attached hydrogen (secondary N) is 2. The van der Waals surface area contributed by atoms with Crippen LogP contribution in [-0.4, -0.2) is 17.2 Å². The van der Waals surface area contributed by atoms with Gasteiger partial charge in [0.15, 0.2) is 10.9 Å². The van der Waals surface area contributed by atoms with Gasteiger partial charge in [0.1, 0.15) is 0 Å². The van der Waals surface area contributed by atoms with E-state index in [0.29, 0.717) is 10.7 Å². The first-order valence-electron chi connectivity index (χ1n) is 6.41. The Bertz CT molecular complexity index is 654. The Balaban J connectivity index is 1.99. The van der Waals surface area contributed by atoms with E-state index in [2.05, 4.69) is 10.6 Å². The van der Waals surface area contributed by atoms with Crippen LogP contribution in [0.1, 0.15) is 17.3 Å². The Hall–Kier alpha value is -1.85. The largest absolute Gasteiger partial charge is 0.332 e. The second kappa shape index (κ2) is 7.24. The van der Waals surface area contributed by atoms with Gasteiger partial charge < -0.3 is 10.6 Å². The van der Waals surface area contributed by atoms with E-state index < -0.39 is 0 Å². The summed E-state index contributed by atoms with van der Waals surface area (Å²) < 4.78 is 0. The number of hydrogen-bond acceptors (Lipinski definition) is 3. The van der Waals surface area contributed by atoms with E-state index in [1.165, 1.54) is 4.90 Å². The van der Waals surface area contributed by atoms with Gasteiger partial charge in [0.2, 0.25) is 0 Å². The number of carbonyl (C=O) groups excluding carboxylic acids is 1. The molecule has 0 aliphatic carbocycles. The number of carbonyl (C=O) groups is 1. The third-order valence-corrected chi connectivity index (χ3v) is 3.81. The smallest absolute Gasteiger partial charge is 0.175 e. The van der Waals surface area contributed by atoms with Gasteiger partial charge in [-0.2, -0.15) is 0 Å². The summed E-state index contributed by atoms with van der Waals surface area (Å²) in [5.41, 5.74) is 2.48. The second-order valence-corrected chi connectivity index (χ2v) is 5.73. The van der Waals surface area contributed by atoms with Crippen molar-refractivity contribution in [3.8, 4) is 0 Å². The van der Waals surface area contributed by atoms with Crippen molar-refractivity contribution in [2.45, 2.75) is 11.8 Å². The number of benzene rings is 2. The molecule has 108 valence electrons. The minimum absolute atomic E-state index is 0.0520. The molecule has 5 heteroatoms. The Morgan fingerprint density at radius 1 is 1.05 bits per heavy atom. The van der Waals surface area contributed by atoms with Crippen molar-refractivity contribution in [2.75, 3.05) is 16.9 Å². The molecule has 3 nitrogen and oxygen atoms in total. The lowest BCUT2D eigenvalue weighted by Crippen LogP contribution is -2.19. The highest BCUT2D eigenvalue weighted by atomic mass is 32.2. The highest BCUT2D eigenvalue weighted by Crippen LogP contribution is 2.19. The van der Waals surface area contributed by atoms with Crippen LogP contribution in [0.3, 0.4) is 0 Å². The molecular formula is C16H16N2OS2. The molecule has 0 aliphatic heterocycles. The van der Waals surface area contributed by atoms with Crippen molar-refractivity contribution in [2.24, 2.45) is 0 Å². The maximum atomic E-state index is 11.2. The van der Waals surface area contributed by atoms with E-state index in [1.54, 1.807) is 30.8 Å². The third-order valence-electron chi connectivity index (χ3n) is 2.88. The number of hydrogen-bond donors (Lipinski definition) is 2. The van der Waals surface area contributed by atoms with Crippen LogP contribution < -0.4 is 10.6 Å². The SMILES string of the molecule is CSc1cccc(NC(=S)Nc2ccc(C(C)=O)cc2)c1. The fourth-order valence-corrected chi connectivity index (χ4v) is 2.48. The average Bonchev–Trinajstić information content (AvgIpc) is 2.47. The van der Waals surface area contributed by atoms with Crippen LogP contribution in [0.15, 0.2) is 53.4 Å². The number of ketones is 1. The summed E-state index contributed by atoms with van der Waals surface area (Å²) >= 11 is 6.97. The van der Waals surface area contributed by atoms with Crippen molar-refractivity contribution in [3.63, 3.8) is 0 Å². The van der Waals surface area contributed by atoms with Gasteiger partial charge in [-0.05, 0) is 67.9 Å². The van der Waals surface area contributed by atoms with Gasteiger partial charge in [-0.15, -0.1) is 11.8 Å². The lowest BCUT2D eigenvalue weighted by molar-refractivity contribution is 0.101. The molecule has 0 radical (unpaired) electrons. The second-order valence-electron chi connectivity index (χ2n) is 4.44. The molecule has 2 aromatic carbocycles. The topological polar surface area (TPSA) is 41.1 Å². The van der Waals surface area contributed by atoms with Crippen LogP contribution in [0.5, 0.6) is 0 Å². The maximum absolute atomic E-state index is 11.2. The van der Waals surface area contributed by atoms with Gasteiger partial charge in [0, 0.05) is 21.8 Å². The summed E-state index contributed by atoms with van der Waals surface area (Å²) in [6, 6.07) is 15.3. The van der Waals surface area contributed by atoms with Crippen molar-refractivity contribution >= 4 is 46.3 Å². The van der Waals surface area contributed by atoms with E-state index >= 15 is 0 Å². The van der Waals surface area contributed by atoms with Gasteiger partial charge in [-0.1, -0.05) is 6.07 Å². The van der Waals surface area contributed by atoms with Crippen molar-refractivity contribution < 1.29 is 4.79 Å². The van der Waals surface area contributed by atoms with Crippen LogP contribution in [0.25, 0.3) is 0 Å². The minimum atomic E-state index is 0.0520. The molecule has 0 spiro atoms. The Morgan fingerprint density at radius 2 is 1.71 bits per heavy atom. The molecule has 2 N–H and O–H groups in total. The maximum Gasteiger partial charge on any atom is 0.175 e. The normalized spacial score (nSPS) is 10.0. The number of Topliss-reactive ketones (excluding diaryl/α,β-unsaturated/α-hetero) is 1. The van der Waals surface area contributed by atoms with E-state index in [4.69, 9.17) is 12.2 Å². The summed E-state index contributed by atoms with van der Waals surface area (Å²) in [7, 11) is 0. The predicted octanol–water partition coefficient (Wildman–Crippen LogP) is 4.42. The van der Waals surface area contributed by atoms with E-state index in [1.807, 2.05) is 42.7 Å². The van der Waals surface area contributed by atoms with Crippen LogP contribution in [0.2, 0.25) is 0 Å². The monoisotopic (exact) mass is 316 g/mol. The molecule has 0 aromatic heterocycles. The van der Waals surface area contributed by atoms with Crippen molar-refractivity contribution in [1.82, 2.24) is 0 Å². The zero-order valence-corrected chi connectivity index (χ0v) is 13.5. The Morgan fingerprint density at radius 3 is 2.33 bits per heavy atom. The molecule has 0 saturated carbocycles. The first kappa shape index (κ1) is 15.5. The minimum Gasteiger partial charge on any atom is -0.332 e. The van der Waals surface area contributed by atoms with E-state index in [9.17, 15) is 4.79 Å². The summed E-state index contributed by atoms with van der Waals surface area (Å²) in [6.45, 7) is 1.55. The molecule has 0 amide bonds. The van der Waals surface area contributed by atoms with Gasteiger partial charge in [0.05, 0.1) is 0 Å². The first-order valence-corrected chi connectivity index (χ1v) is 8.05. The molecule has 2 rings (SSSR count). The summed E-state index contributed by atoms with van der Waals surface area (Å²) in [5.74, 6) is 0.0520. The van der Waals surface area contributed by atoms with Gasteiger partial charge in [0.25, 0.3) is 0 Å². The van der Waals surface area contributed by atoms with Crippen LogP contribution >= 0.6 is 24.0 Å². The fourth-order valence-electron chi connectivity index (χ4n) is 1.78. The van der Waals surface area contributed by atoms with Gasteiger partial charge in [-0.3, -0.25) is 4.79 Å². The standard InChI is InChI=1S/C16H16N2OS2/c1-11(19)12-6-8-13(9-7-12)17-16(20)18-14-4-3-5-15(10-14)21-2/h3-10H,1-2H3,(H2,17,18,20).